The van der Waals surface area contributed by atoms with Crippen LogP contribution in [0.2, 0.25) is 0 Å². The molecule has 0 aromatic carbocycles. The number of rotatable bonds is 4. The van der Waals surface area contributed by atoms with E-state index in [4.69, 9.17) is 5.73 Å². The maximum atomic E-state index is 14.0. The molecule has 0 spiro atoms. The number of pyridine rings is 1. The van der Waals surface area contributed by atoms with E-state index >= 15 is 0 Å². The first-order chi connectivity index (χ1) is 14.4. The second-order valence-corrected chi connectivity index (χ2v) is 8.09. The molecule has 30 heavy (non-hydrogen) atoms. The van der Waals surface area contributed by atoms with E-state index in [9.17, 15) is 13.6 Å². The third-order valence-electron chi connectivity index (χ3n) is 4.98. The molecule has 8 nitrogen and oxygen atoms in total. The Morgan fingerprint density at radius 2 is 2.17 bits per heavy atom. The standard InChI is InChI=1S/C19H21F2N7OS/c1-27-19(28-7-2-3-11(20)5-8-28)14(10-24-27)25-17(29)15-16(22)30-18(26-15)12-4-6-23-9-13(12)21/h4,6,9-11H,2-3,5,7-8,22H2,1H3,(H,25,29)/t11-/m1/s1. The Morgan fingerprint density at radius 3 is 2.97 bits per heavy atom. The number of aromatic nitrogens is 4. The van der Waals surface area contributed by atoms with Crippen LogP contribution in [0.25, 0.3) is 10.6 Å². The third-order valence-corrected chi connectivity index (χ3v) is 5.90. The van der Waals surface area contributed by atoms with Gasteiger partial charge in [0.15, 0.2) is 17.3 Å². The summed E-state index contributed by atoms with van der Waals surface area (Å²) in [6.07, 6.45) is 4.93. The smallest absolute Gasteiger partial charge is 0.277 e. The van der Waals surface area contributed by atoms with Gasteiger partial charge >= 0.3 is 0 Å². The molecular weight excluding hydrogens is 412 g/mol. The molecule has 158 valence electrons. The number of nitrogen functional groups attached to an aromatic ring is 1. The number of nitrogens with two attached hydrogens (primary N) is 1. The van der Waals surface area contributed by atoms with Crippen molar-refractivity contribution in [3.8, 4) is 10.6 Å². The summed E-state index contributed by atoms with van der Waals surface area (Å²) in [4.78, 5) is 22.8. The highest BCUT2D eigenvalue weighted by Gasteiger charge is 2.24. The van der Waals surface area contributed by atoms with Crippen LogP contribution < -0.4 is 16.0 Å². The van der Waals surface area contributed by atoms with Gasteiger partial charge in [-0.05, 0) is 25.3 Å². The summed E-state index contributed by atoms with van der Waals surface area (Å²) < 4.78 is 29.4. The lowest BCUT2D eigenvalue weighted by Crippen LogP contribution is -2.28. The Bertz CT molecular complexity index is 1070. The Labute approximate surface area is 175 Å². The van der Waals surface area contributed by atoms with E-state index in [0.717, 1.165) is 24.0 Å². The molecule has 0 bridgehead atoms. The summed E-state index contributed by atoms with van der Waals surface area (Å²) in [7, 11) is 1.77. The van der Waals surface area contributed by atoms with E-state index in [1.807, 2.05) is 4.90 Å². The van der Waals surface area contributed by atoms with Crippen molar-refractivity contribution in [1.29, 1.82) is 0 Å². The maximum Gasteiger partial charge on any atom is 0.277 e. The summed E-state index contributed by atoms with van der Waals surface area (Å²) >= 11 is 1.03. The van der Waals surface area contributed by atoms with Crippen molar-refractivity contribution in [3.63, 3.8) is 0 Å². The molecule has 3 aromatic heterocycles. The van der Waals surface area contributed by atoms with Crippen LogP contribution in [0.5, 0.6) is 0 Å². The van der Waals surface area contributed by atoms with E-state index in [1.165, 1.54) is 18.5 Å². The topological polar surface area (TPSA) is 102 Å². The molecule has 3 N–H and O–H groups in total. The number of hydrogen-bond acceptors (Lipinski definition) is 7. The van der Waals surface area contributed by atoms with Crippen LogP contribution in [0, 0.1) is 5.82 Å². The Kier molecular flexibility index (Phi) is 5.62. The normalized spacial score (nSPS) is 17.0. The summed E-state index contributed by atoms with van der Waals surface area (Å²) in [5.41, 5.74) is 6.72. The molecule has 4 heterocycles. The minimum atomic E-state index is -0.817. The zero-order valence-corrected chi connectivity index (χ0v) is 17.1. The van der Waals surface area contributed by atoms with E-state index in [1.54, 1.807) is 11.7 Å². The summed E-state index contributed by atoms with van der Waals surface area (Å²) in [5.74, 6) is -0.358. The SMILES string of the molecule is Cn1ncc(NC(=O)c2nc(-c3ccncc3F)sc2N)c1N1CCC[C@@H](F)CC1. The molecule has 1 atom stereocenters. The zero-order valence-electron chi connectivity index (χ0n) is 16.3. The Hall–Kier alpha value is -3.08. The second-order valence-electron chi connectivity index (χ2n) is 7.06. The molecule has 0 aliphatic carbocycles. The number of hydrogen-bond donors (Lipinski definition) is 2. The molecule has 1 saturated heterocycles. The lowest BCUT2D eigenvalue weighted by Gasteiger charge is -2.23. The zero-order chi connectivity index (χ0) is 21.3. The molecule has 3 aromatic rings. The molecule has 1 aliphatic heterocycles. The largest absolute Gasteiger partial charge is 0.389 e. The number of carbonyl (C=O) groups is 1. The average molecular weight is 433 g/mol. The predicted molar refractivity (Wildman–Crippen MR) is 112 cm³/mol. The molecule has 0 unspecified atom stereocenters. The van der Waals surface area contributed by atoms with E-state index in [2.05, 4.69) is 20.4 Å². The van der Waals surface area contributed by atoms with Crippen LogP contribution in [0.4, 0.5) is 25.3 Å². The van der Waals surface area contributed by atoms with Gasteiger partial charge in [0, 0.05) is 31.9 Å². The molecule has 11 heteroatoms. The van der Waals surface area contributed by atoms with Crippen molar-refractivity contribution in [2.24, 2.45) is 7.05 Å². The summed E-state index contributed by atoms with van der Waals surface area (Å²) in [5, 5.41) is 7.51. The van der Waals surface area contributed by atoms with Gasteiger partial charge in [0.2, 0.25) is 0 Å². The van der Waals surface area contributed by atoms with Crippen LogP contribution in [-0.4, -0.2) is 44.9 Å². The van der Waals surface area contributed by atoms with Gasteiger partial charge < -0.3 is 16.0 Å². The van der Waals surface area contributed by atoms with Gasteiger partial charge in [0.25, 0.3) is 5.91 Å². The monoisotopic (exact) mass is 433 g/mol. The molecule has 0 radical (unpaired) electrons. The van der Waals surface area contributed by atoms with E-state index in [-0.39, 0.29) is 16.3 Å². The van der Waals surface area contributed by atoms with Crippen LogP contribution in [0.15, 0.2) is 24.7 Å². The lowest BCUT2D eigenvalue weighted by atomic mass is 10.2. The van der Waals surface area contributed by atoms with Crippen molar-refractivity contribution in [2.45, 2.75) is 25.4 Å². The van der Waals surface area contributed by atoms with Gasteiger partial charge in [0.1, 0.15) is 21.9 Å². The second kappa shape index (κ2) is 8.34. The van der Waals surface area contributed by atoms with Crippen molar-refractivity contribution in [1.82, 2.24) is 19.7 Å². The van der Waals surface area contributed by atoms with Crippen LogP contribution >= 0.6 is 11.3 Å². The number of amides is 1. The fourth-order valence-electron chi connectivity index (χ4n) is 3.50. The van der Waals surface area contributed by atoms with Crippen LogP contribution in [0.1, 0.15) is 29.8 Å². The van der Waals surface area contributed by atoms with E-state index < -0.39 is 17.9 Å². The fourth-order valence-corrected chi connectivity index (χ4v) is 4.36. The summed E-state index contributed by atoms with van der Waals surface area (Å²) in [6.45, 7) is 1.21. The van der Waals surface area contributed by atoms with Crippen molar-refractivity contribution >= 4 is 33.8 Å². The quantitative estimate of drug-likeness (QED) is 0.655. The molecular formula is C19H21F2N7OS. The van der Waals surface area contributed by atoms with Gasteiger partial charge in [-0.3, -0.25) is 14.5 Å². The maximum absolute atomic E-state index is 14.0. The molecule has 0 saturated carbocycles. The molecule has 1 fully saturated rings. The number of alkyl halides is 1. The lowest BCUT2D eigenvalue weighted by molar-refractivity contribution is 0.102. The van der Waals surface area contributed by atoms with Crippen molar-refractivity contribution < 1.29 is 13.6 Å². The van der Waals surface area contributed by atoms with Gasteiger partial charge in [-0.1, -0.05) is 11.3 Å². The number of carbonyl (C=O) groups excluding carboxylic acids is 1. The summed E-state index contributed by atoms with van der Waals surface area (Å²) in [6, 6.07) is 1.48. The molecule has 1 aliphatic rings. The molecule has 4 rings (SSSR count). The van der Waals surface area contributed by atoms with Crippen LogP contribution in [0.3, 0.4) is 0 Å². The first-order valence-electron chi connectivity index (χ1n) is 9.52. The van der Waals surface area contributed by atoms with Gasteiger partial charge in [-0.2, -0.15) is 5.10 Å². The first-order valence-corrected chi connectivity index (χ1v) is 10.3. The molecule has 1 amide bonds. The number of halogens is 2. The minimum absolute atomic E-state index is 0.0145. The highest BCUT2D eigenvalue weighted by atomic mass is 32.1. The van der Waals surface area contributed by atoms with Crippen LogP contribution in [-0.2, 0) is 7.05 Å². The number of aryl methyl sites for hydroxylation is 1. The number of nitrogens with zero attached hydrogens (tertiary/aromatic N) is 5. The average Bonchev–Trinajstić information content (AvgIpc) is 3.20. The Morgan fingerprint density at radius 1 is 1.33 bits per heavy atom. The van der Waals surface area contributed by atoms with E-state index in [0.29, 0.717) is 42.4 Å². The van der Waals surface area contributed by atoms with Gasteiger partial charge in [-0.15, -0.1) is 0 Å². The van der Waals surface area contributed by atoms with Gasteiger partial charge in [0.05, 0.1) is 12.4 Å². The Balaban J connectivity index is 1.58. The third kappa shape index (κ3) is 3.97. The first kappa shape index (κ1) is 20.2. The number of nitrogens with one attached hydrogen (secondary N) is 1. The highest BCUT2D eigenvalue weighted by Crippen LogP contribution is 2.33. The minimum Gasteiger partial charge on any atom is -0.389 e. The fraction of sp³-hybridized carbons (Fsp3) is 0.368. The van der Waals surface area contributed by atoms with Crippen molar-refractivity contribution in [3.05, 3.63) is 36.2 Å². The van der Waals surface area contributed by atoms with Crippen molar-refractivity contribution in [2.75, 3.05) is 29.0 Å². The number of thiazole rings is 1. The predicted octanol–water partition coefficient (Wildman–Crippen LogP) is 3.24. The van der Waals surface area contributed by atoms with Gasteiger partial charge in [-0.25, -0.2) is 13.8 Å². The number of anilines is 3. The highest BCUT2D eigenvalue weighted by molar-refractivity contribution is 7.19.